The predicted molar refractivity (Wildman–Crippen MR) is 173 cm³/mol. The molecule has 244 valence electrons. The maximum atomic E-state index is 14.3. The maximum absolute atomic E-state index is 14.3. The van der Waals surface area contributed by atoms with Crippen LogP contribution in [-0.2, 0) is 9.53 Å². The summed E-state index contributed by atoms with van der Waals surface area (Å²) in [6.45, 7) is 2.62. The number of aryl methyl sites for hydroxylation is 1. The quantitative estimate of drug-likeness (QED) is 0.253. The number of aromatic nitrogens is 3. The fraction of sp³-hybridized carbons (Fsp3) is 0.583. The molecule has 2 amide bonds. The molecule has 10 nitrogen and oxygen atoms in total. The van der Waals surface area contributed by atoms with Crippen molar-refractivity contribution in [3.63, 3.8) is 0 Å². The molecule has 0 aliphatic heterocycles. The molecule has 0 atom stereocenters. The van der Waals surface area contributed by atoms with E-state index < -0.39 is 0 Å². The first-order valence-electron chi connectivity index (χ1n) is 17.2. The zero-order valence-corrected chi connectivity index (χ0v) is 27.0. The van der Waals surface area contributed by atoms with Crippen molar-refractivity contribution in [3.05, 3.63) is 54.0 Å². The van der Waals surface area contributed by atoms with Gasteiger partial charge in [-0.25, -0.2) is 14.8 Å². The predicted octanol–water partition coefficient (Wildman–Crippen LogP) is 7.08. The first kappa shape index (κ1) is 30.7. The van der Waals surface area contributed by atoms with Crippen LogP contribution in [0.4, 0.5) is 10.6 Å². The van der Waals surface area contributed by atoms with E-state index in [1.807, 2.05) is 30.0 Å². The van der Waals surface area contributed by atoms with Gasteiger partial charge in [-0.1, -0.05) is 0 Å². The summed E-state index contributed by atoms with van der Waals surface area (Å²) >= 11 is 0. The Labute approximate surface area is 270 Å². The Hall–Kier alpha value is -3.95. The molecular formula is C36H45N5O5. The summed E-state index contributed by atoms with van der Waals surface area (Å²) in [6.07, 6.45) is 14.2. The first-order valence-corrected chi connectivity index (χ1v) is 17.2. The van der Waals surface area contributed by atoms with Crippen molar-refractivity contribution in [1.29, 1.82) is 0 Å². The van der Waals surface area contributed by atoms with Gasteiger partial charge >= 0.3 is 6.09 Å². The zero-order valence-electron chi connectivity index (χ0n) is 27.0. The smallest absolute Gasteiger partial charge is 0.407 e. The lowest BCUT2D eigenvalue weighted by Gasteiger charge is -2.35. The number of carbonyl (C=O) groups is 2. The van der Waals surface area contributed by atoms with Crippen LogP contribution >= 0.6 is 0 Å². The molecule has 0 aromatic carbocycles. The number of pyridine rings is 2. The summed E-state index contributed by atoms with van der Waals surface area (Å²) in [5, 5.41) is 2.91. The lowest BCUT2D eigenvalue weighted by atomic mass is 9.79. The topological polar surface area (TPSA) is 120 Å². The molecular weight excluding hydrogens is 582 g/mol. The molecule has 1 N–H and O–H groups in total. The van der Waals surface area contributed by atoms with Crippen LogP contribution in [0.2, 0.25) is 0 Å². The van der Waals surface area contributed by atoms with E-state index in [-0.39, 0.29) is 30.1 Å². The third kappa shape index (κ3) is 7.21. The number of amides is 2. The normalized spacial score (nSPS) is 24.7. The standard InChI is InChI=1S/C36H45N5O5/c1-22-32(44-2)16-15-30(38-22)24-5-3-23(4-6-24)20-41(33-19-27(17-18-37-33)31-21-45-34(40-31)25-7-8-25)35(42)26-9-13-29(14-10-26)46-36(43)39-28-11-12-28/h15-19,21,23-26,28-29H,3-14,20H2,1-2H3,(H,39,43). The number of nitrogens with one attached hydrogen (secondary N) is 1. The summed E-state index contributed by atoms with van der Waals surface area (Å²) in [6, 6.07) is 8.30. The average molecular weight is 628 g/mol. The van der Waals surface area contributed by atoms with E-state index in [0.717, 1.165) is 85.7 Å². The number of anilines is 1. The van der Waals surface area contributed by atoms with Gasteiger partial charge in [0.25, 0.3) is 0 Å². The van der Waals surface area contributed by atoms with Crippen LogP contribution in [0.15, 0.2) is 41.1 Å². The van der Waals surface area contributed by atoms with E-state index in [1.165, 1.54) is 0 Å². The summed E-state index contributed by atoms with van der Waals surface area (Å²) in [4.78, 5) is 42.7. The van der Waals surface area contributed by atoms with E-state index in [2.05, 4.69) is 11.4 Å². The van der Waals surface area contributed by atoms with Crippen molar-refractivity contribution in [2.24, 2.45) is 11.8 Å². The van der Waals surface area contributed by atoms with Crippen molar-refractivity contribution < 1.29 is 23.5 Å². The Balaban J connectivity index is 1.04. The second-order valence-electron chi connectivity index (χ2n) is 13.7. The van der Waals surface area contributed by atoms with Crippen molar-refractivity contribution >= 4 is 17.8 Å². The van der Waals surface area contributed by atoms with Gasteiger partial charge in [-0.2, -0.15) is 0 Å². The fourth-order valence-electron chi connectivity index (χ4n) is 7.10. The van der Waals surface area contributed by atoms with Gasteiger partial charge in [-0.05, 0) is 114 Å². The second-order valence-corrected chi connectivity index (χ2v) is 13.7. The summed E-state index contributed by atoms with van der Waals surface area (Å²) < 4.78 is 16.9. The lowest BCUT2D eigenvalue weighted by molar-refractivity contribution is -0.124. The van der Waals surface area contributed by atoms with Gasteiger partial charge in [-0.3, -0.25) is 14.7 Å². The van der Waals surface area contributed by atoms with E-state index in [9.17, 15) is 9.59 Å². The second kappa shape index (κ2) is 13.4. The molecule has 3 heterocycles. The molecule has 0 unspecified atom stereocenters. The van der Waals surface area contributed by atoms with Crippen molar-refractivity contribution in [3.8, 4) is 17.0 Å². The summed E-state index contributed by atoms with van der Waals surface area (Å²) in [5.74, 6) is 3.46. The molecule has 4 fully saturated rings. The molecule has 10 heteroatoms. The molecule has 46 heavy (non-hydrogen) atoms. The van der Waals surface area contributed by atoms with Crippen LogP contribution < -0.4 is 15.0 Å². The van der Waals surface area contributed by atoms with Crippen LogP contribution in [0, 0.1) is 18.8 Å². The highest BCUT2D eigenvalue weighted by Crippen LogP contribution is 2.41. The van der Waals surface area contributed by atoms with Crippen LogP contribution in [0.25, 0.3) is 11.3 Å². The SMILES string of the molecule is COc1ccc(C2CCC(CN(C(=O)C3CCC(OC(=O)NC4CC4)CC3)c3cc(-c4coc(C5CC5)n4)ccn3)CC2)nc1C. The van der Waals surface area contributed by atoms with Gasteiger partial charge in [0, 0.05) is 47.8 Å². The molecule has 0 radical (unpaired) electrons. The molecule has 4 saturated carbocycles. The minimum atomic E-state index is -0.326. The van der Waals surface area contributed by atoms with E-state index in [0.29, 0.717) is 55.8 Å². The number of methoxy groups -OCH3 is 1. The largest absolute Gasteiger partial charge is 0.495 e. The van der Waals surface area contributed by atoms with E-state index >= 15 is 0 Å². The molecule has 3 aromatic rings. The van der Waals surface area contributed by atoms with Crippen molar-refractivity contribution in [1.82, 2.24) is 20.3 Å². The van der Waals surface area contributed by atoms with Gasteiger partial charge in [0.05, 0.1) is 12.8 Å². The van der Waals surface area contributed by atoms with Crippen LogP contribution in [-0.4, -0.2) is 52.8 Å². The van der Waals surface area contributed by atoms with Crippen molar-refractivity contribution in [2.45, 2.75) is 108 Å². The summed E-state index contributed by atoms with van der Waals surface area (Å²) in [5.41, 5.74) is 3.73. The van der Waals surface area contributed by atoms with Crippen LogP contribution in [0.5, 0.6) is 5.75 Å². The third-order valence-corrected chi connectivity index (χ3v) is 10.2. The number of hydrogen-bond acceptors (Lipinski definition) is 8. The van der Waals surface area contributed by atoms with Crippen molar-refractivity contribution in [2.75, 3.05) is 18.6 Å². The summed E-state index contributed by atoms with van der Waals surface area (Å²) in [7, 11) is 1.68. The number of hydrogen-bond donors (Lipinski definition) is 1. The number of carbonyl (C=O) groups excluding carboxylic acids is 2. The van der Waals surface area contributed by atoms with Gasteiger partial charge < -0.3 is 19.2 Å². The van der Waals surface area contributed by atoms with Gasteiger partial charge in [0.2, 0.25) is 5.91 Å². The van der Waals surface area contributed by atoms with Gasteiger partial charge in [0.15, 0.2) is 5.89 Å². The van der Waals surface area contributed by atoms with Gasteiger partial charge in [-0.15, -0.1) is 0 Å². The Morgan fingerprint density at radius 2 is 1.70 bits per heavy atom. The Bertz CT molecular complexity index is 1530. The molecule has 0 saturated heterocycles. The fourth-order valence-corrected chi connectivity index (χ4v) is 7.10. The molecule has 0 bridgehead atoms. The average Bonchev–Trinajstić information content (AvgIpc) is 4.03. The Kier molecular flexibility index (Phi) is 8.95. The molecule has 3 aromatic heterocycles. The van der Waals surface area contributed by atoms with Crippen LogP contribution in [0.1, 0.15) is 106 Å². The molecule has 4 aliphatic carbocycles. The van der Waals surface area contributed by atoms with Crippen LogP contribution in [0.3, 0.4) is 0 Å². The van der Waals surface area contributed by atoms with E-state index in [4.69, 9.17) is 28.8 Å². The third-order valence-electron chi connectivity index (χ3n) is 10.2. The monoisotopic (exact) mass is 627 g/mol. The number of oxazole rings is 1. The Morgan fingerprint density at radius 1 is 0.935 bits per heavy atom. The molecule has 4 aliphatic rings. The van der Waals surface area contributed by atoms with Gasteiger partial charge in [0.1, 0.15) is 29.6 Å². The minimum Gasteiger partial charge on any atom is -0.495 e. The number of nitrogens with zero attached hydrogens (tertiary/aromatic N) is 4. The highest BCUT2D eigenvalue weighted by molar-refractivity contribution is 5.94. The minimum absolute atomic E-state index is 0.110. The molecule has 7 rings (SSSR count). The lowest BCUT2D eigenvalue weighted by Crippen LogP contribution is -2.42. The highest BCUT2D eigenvalue weighted by atomic mass is 16.6. The highest BCUT2D eigenvalue weighted by Gasteiger charge is 2.35. The number of rotatable bonds is 10. The zero-order chi connectivity index (χ0) is 31.6. The number of alkyl carbamates (subject to hydrolysis) is 1. The molecule has 0 spiro atoms. The first-order chi connectivity index (χ1) is 22.4. The Morgan fingerprint density at radius 3 is 2.39 bits per heavy atom. The maximum Gasteiger partial charge on any atom is 0.407 e. The van der Waals surface area contributed by atoms with E-state index in [1.54, 1.807) is 19.6 Å². The number of ether oxygens (including phenoxy) is 2.